The van der Waals surface area contributed by atoms with E-state index in [1.54, 1.807) is 13.0 Å². The molecule has 0 aromatic heterocycles. The van der Waals surface area contributed by atoms with Crippen molar-refractivity contribution in [3.8, 4) is 5.75 Å². The van der Waals surface area contributed by atoms with E-state index in [0.29, 0.717) is 24.5 Å². The van der Waals surface area contributed by atoms with Gasteiger partial charge in [0.1, 0.15) is 5.75 Å². The van der Waals surface area contributed by atoms with Crippen LogP contribution in [0.15, 0.2) is 29.4 Å². The molecule has 1 fully saturated rings. The van der Waals surface area contributed by atoms with Gasteiger partial charge in [0.2, 0.25) is 5.60 Å². The molecule has 5 nitrogen and oxygen atoms in total. The quantitative estimate of drug-likeness (QED) is 0.489. The van der Waals surface area contributed by atoms with Crippen molar-refractivity contribution < 1.29 is 19.5 Å². The van der Waals surface area contributed by atoms with Crippen LogP contribution in [0, 0.1) is 5.92 Å². The molecule has 1 saturated carbocycles. The second-order valence-corrected chi connectivity index (χ2v) is 4.45. The van der Waals surface area contributed by atoms with Crippen molar-refractivity contribution in [3.63, 3.8) is 0 Å². The van der Waals surface area contributed by atoms with E-state index in [4.69, 9.17) is 14.7 Å². The van der Waals surface area contributed by atoms with Crippen molar-refractivity contribution in [1.29, 1.82) is 0 Å². The highest BCUT2D eigenvalue weighted by Crippen LogP contribution is 2.54. The number of nitrogens with zero attached hydrogens (tertiary/aromatic N) is 1. The molecule has 0 saturated heterocycles. The van der Waals surface area contributed by atoms with Crippen LogP contribution in [0.1, 0.15) is 18.9 Å². The van der Waals surface area contributed by atoms with Crippen molar-refractivity contribution in [2.24, 2.45) is 11.1 Å². The van der Waals surface area contributed by atoms with Gasteiger partial charge in [-0.25, -0.2) is 4.79 Å². The molecule has 1 aromatic carbocycles. The van der Waals surface area contributed by atoms with Gasteiger partial charge in [0.05, 0.1) is 18.2 Å². The molecular weight excluding hydrogens is 234 g/mol. The van der Waals surface area contributed by atoms with Crippen LogP contribution in [0.4, 0.5) is 0 Å². The first kappa shape index (κ1) is 11.1. The molecule has 1 heterocycles. The predicted octanol–water partition coefficient (Wildman–Crippen LogP) is 1.58. The van der Waals surface area contributed by atoms with Crippen molar-refractivity contribution in [2.45, 2.75) is 18.9 Å². The number of para-hydroxylation sites is 1. The Morgan fingerprint density at radius 3 is 3.11 bits per heavy atom. The number of ether oxygens (including phenoxy) is 2. The molecule has 0 unspecified atom stereocenters. The smallest absolute Gasteiger partial charge is 0.351 e. The van der Waals surface area contributed by atoms with Crippen molar-refractivity contribution in [1.82, 2.24) is 0 Å². The van der Waals surface area contributed by atoms with Gasteiger partial charge in [-0.1, -0.05) is 17.3 Å². The van der Waals surface area contributed by atoms with E-state index in [2.05, 4.69) is 5.16 Å². The largest absolute Gasteiger partial charge is 0.474 e. The van der Waals surface area contributed by atoms with Gasteiger partial charge < -0.3 is 14.7 Å². The minimum absolute atomic E-state index is 0.212. The predicted molar refractivity (Wildman–Crippen MR) is 62.9 cm³/mol. The van der Waals surface area contributed by atoms with Crippen LogP contribution in [0.2, 0.25) is 0 Å². The van der Waals surface area contributed by atoms with Crippen LogP contribution < -0.4 is 4.74 Å². The minimum Gasteiger partial charge on any atom is -0.474 e. The van der Waals surface area contributed by atoms with Gasteiger partial charge in [-0.3, -0.25) is 0 Å². The first-order valence-electron chi connectivity index (χ1n) is 5.90. The molecule has 0 spiro atoms. The lowest BCUT2D eigenvalue weighted by Crippen LogP contribution is -2.39. The van der Waals surface area contributed by atoms with E-state index < -0.39 is 5.60 Å². The maximum absolute atomic E-state index is 11.9. The van der Waals surface area contributed by atoms with Crippen LogP contribution in [0.25, 0.3) is 0 Å². The highest BCUT2D eigenvalue weighted by atomic mass is 16.6. The zero-order chi connectivity index (χ0) is 12.8. The van der Waals surface area contributed by atoms with Crippen LogP contribution in [0.3, 0.4) is 0 Å². The van der Waals surface area contributed by atoms with E-state index in [9.17, 15) is 4.79 Å². The third-order valence-corrected chi connectivity index (χ3v) is 3.42. The molecule has 5 heteroatoms. The average molecular weight is 247 g/mol. The Labute approximate surface area is 104 Å². The molecule has 0 amide bonds. The van der Waals surface area contributed by atoms with Crippen LogP contribution in [-0.4, -0.2) is 29.1 Å². The van der Waals surface area contributed by atoms with E-state index >= 15 is 0 Å². The number of hydrogen-bond donors (Lipinski definition) is 1. The molecule has 3 rings (SSSR count). The molecule has 0 radical (unpaired) electrons. The number of carbonyl (C=O) groups is 1. The summed E-state index contributed by atoms with van der Waals surface area (Å²) >= 11 is 0. The fraction of sp³-hybridized carbons (Fsp3) is 0.385. The van der Waals surface area contributed by atoms with E-state index in [-0.39, 0.29) is 11.9 Å². The number of carbonyl (C=O) groups excluding carboxylic acids is 1. The molecule has 0 bridgehead atoms. The Morgan fingerprint density at radius 1 is 1.61 bits per heavy atom. The number of fused-ring (bicyclic) bond motifs is 2. The first-order valence-corrected chi connectivity index (χ1v) is 5.90. The third-order valence-electron chi connectivity index (χ3n) is 3.42. The topological polar surface area (TPSA) is 68.1 Å². The van der Waals surface area contributed by atoms with Gasteiger partial charge >= 0.3 is 5.97 Å². The fourth-order valence-electron chi connectivity index (χ4n) is 2.47. The Balaban J connectivity index is 2.01. The highest BCUT2D eigenvalue weighted by molar-refractivity contribution is 6.12. The van der Waals surface area contributed by atoms with Gasteiger partial charge in [-0.15, -0.1) is 0 Å². The zero-order valence-corrected chi connectivity index (χ0v) is 9.92. The Kier molecular flexibility index (Phi) is 2.29. The standard InChI is InChI=1S/C13H13NO4/c1-2-17-12(15)13-7-9(13)11(14-16)8-5-3-4-6-10(8)18-13/h3-6,9,16H,2,7H2,1H3/b14-11+/t9-,13+/m0/s1. The SMILES string of the molecule is CCOC(=O)[C@@]12C[C@H]1/C(=N/O)c1ccccc1O2. The van der Waals surface area contributed by atoms with Crippen molar-refractivity contribution in [2.75, 3.05) is 6.61 Å². The summed E-state index contributed by atoms with van der Waals surface area (Å²) in [5.41, 5.74) is 0.263. The lowest BCUT2D eigenvalue weighted by atomic mass is 10.00. The maximum Gasteiger partial charge on any atom is 0.351 e. The van der Waals surface area contributed by atoms with Gasteiger partial charge in [-0.2, -0.15) is 0 Å². The van der Waals surface area contributed by atoms with Crippen LogP contribution >= 0.6 is 0 Å². The first-order chi connectivity index (χ1) is 8.73. The summed E-state index contributed by atoms with van der Waals surface area (Å²) in [6.45, 7) is 2.06. The van der Waals surface area contributed by atoms with Gasteiger partial charge in [0, 0.05) is 12.0 Å². The number of oxime groups is 1. The average Bonchev–Trinajstić information content (AvgIpc) is 3.11. The minimum atomic E-state index is -0.980. The Bertz CT molecular complexity index is 540. The monoisotopic (exact) mass is 247 g/mol. The molecule has 1 aliphatic carbocycles. The lowest BCUT2D eigenvalue weighted by molar-refractivity contribution is -0.154. The maximum atomic E-state index is 11.9. The van der Waals surface area contributed by atoms with Gasteiger partial charge in [0.25, 0.3) is 0 Å². The van der Waals surface area contributed by atoms with E-state index in [0.717, 1.165) is 5.56 Å². The van der Waals surface area contributed by atoms with Gasteiger partial charge in [-0.05, 0) is 19.1 Å². The zero-order valence-electron chi connectivity index (χ0n) is 9.92. The molecule has 94 valence electrons. The summed E-state index contributed by atoms with van der Waals surface area (Å²) in [6.07, 6.45) is 0.500. The molecule has 18 heavy (non-hydrogen) atoms. The number of hydrogen-bond acceptors (Lipinski definition) is 5. The Morgan fingerprint density at radius 2 is 2.39 bits per heavy atom. The molecule has 2 atom stereocenters. The number of esters is 1. The lowest BCUT2D eigenvalue weighted by Gasteiger charge is -2.24. The van der Waals surface area contributed by atoms with Crippen molar-refractivity contribution >= 4 is 11.7 Å². The molecule has 2 aliphatic rings. The van der Waals surface area contributed by atoms with E-state index in [1.807, 2.05) is 18.2 Å². The van der Waals surface area contributed by atoms with Crippen molar-refractivity contribution in [3.05, 3.63) is 29.8 Å². The number of rotatable bonds is 2. The summed E-state index contributed by atoms with van der Waals surface area (Å²) in [5.74, 6) is -0.0331. The molecular formula is C13H13NO4. The fourth-order valence-corrected chi connectivity index (χ4v) is 2.47. The molecule has 1 N–H and O–H groups in total. The summed E-state index contributed by atoms with van der Waals surface area (Å²) in [6, 6.07) is 7.23. The summed E-state index contributed by atoms with van der Waals surface area (Å²) in [7, 11) is 0. The Hall–Kier alpha value is -2.04. The molecule has 1 aromatic rings. The summed E-state index contributed by atoms with van der Waals surface area (Å²) < 4.78 is 10.8. The van der Waals surface area contributed by atoms with E-state index in [1.165, 1.54) is 0 Å². The third kappa shape index (κ3) is 1.33. The molecule has 1 aliphatic heterocycles. The van der Waals surface area contributed by atoms with Crippen LogP contribution in [-0.2, 0) is 9.53 Å². The van der Waals surface area contributed by atoms with Crippen LogP contribution in [0.5, 0.6) is 5.75 Å². The normalized spacial score (nSPS) is 30.1. The number of benzene rings is 1. The highest BCUT2D eigenvalue weighted by Gasteiger charge is 2.69. The second-order valence-electron chi connectivity index (χ2n) is 4.45. The second kappa shape index (κ2) is 3.73. The summed E-state index contributed by atoms with van der Waals surface area (Å²) in [4.78, 5) is 11.9. The summed E-state index contributed by atoms with van der Waals surface area (Å²) in [5, 5.41) is 12.5. The van der Waals surface area contributed by atoms with Gasteiger partial charge in [0.15, 0.2) is 0 Å².